The van der Waals surface area contributed by atoms with Crippen LogP contribution in [0.25, 0.3) is 17.1 Å². The molecule has 3 rings (SSSR count). The van der Waals surface area contributed by atoms with E-state index in [0.29, 0.717) is 16.6 Å². The number of ether oxygens (including phenoxy) is 2. The highest BCUT2D eigenvalue weighted by molar-refractivity contribution is 6.08. The molecule has 0 fully saturated rings. The smallest absolute Gasteiger partial charge is 0.387 e. The molecule has 0 atom stereocenters. The molecule has 2 N–H and O–H groups in total. The van der Waals surface area contributed by atoms with Gasteiger partial charge in [-0.3, -0.25) is 4.79 Å². The van der Waals surface area contributed by atoms with Crippen LogP contribution < -0.4 is 15.2 Å². The number of benzene rings is 2. The fourth-order valence-electron chi connectivity index (χ4n) is 2.49. The molecule has 0 aliphatic heterocycles. The van der Waals surface area contributed by atoms with E-state index in [9.17, 15) is 18.4 Å². The summed E-state index contributed by atoms with van der Waals surface area (Å²) in [7, 11) is 1.33. The van der Waals surface area contributed by atoms with Gasteiger partial charge in [-0.25, -0.2) is 4.79 Å². The molecule has 134 valence electrons. The summed E-state index contributed by atoms with van der Waals surface area (Å²) in [6.07, 6.45) is 2.60. The number of halogens is 2. The third-order valence-corrected chi connectivity index (χ3v) is 3.65. The normalized spacial score (nSPS) is 11.4. The fraction of sp³-hybridized carbons (Fsp3) is 0.111. The summed E-state index contributed by atoms with van der Waals surface area (Å²) in [6.45, 7) is -3.03. The maximum Gasteiger partial charge on any atom is 0.387 e. The molecule has 0 radical (unpaired) electrons. The lowest BCUT2D eigenvalue weighted by atomic mass is 10.1. The number of hydrogen-bond donors (Lipinski definition) is 2. The summed E-state index contributed by atoms with van der Waals surface area (Å²) in [5.74, 6) is -0.384. The van der Waals surface area contributed by atoms with Crippen LogP contribution in [0.2, 0.25) is 0 Å². The second-order valence-corrected chi connectivity index (χ2v) is 5.29. The van der Waals surface area contributed by atoms with E-state index in [1.54, 1.807) is 18.2 Å². The van der Waals surface area contributed by atoms with Crippen molar-refractivity contribution in [3.8, 4) is 11.5 Å². The first-order valence-corrected chi connectivity index (χ1v) is 7.54. The van der Waals surface area contributed by atoms with Gasteiger partial charge >= 0.3 is 12.3 Å². The van der Waals surface area contributed by atoms with Crippen molar-refractivity contribution >= 4 is 22.9 Å². The predicted octanol–water partition coefficient (Wildman–Crippen LogP) is 3.36. The zero-order valence-corrected chi connectivity index (χ0v) is 13.6. The SMILES string of the molecule is COc1cccc(C=CC(=O)c2ccc3[nH]c(=O)[nH]c3c2)c1OC(F)F. The number of imidazole rings is 1. The maximum atomic E-state index is 12.6. The lowest BCUT2D eigenvalue weighted by Crippen LogP contribution is -2.05. The molecule has 0 unspecified atom stereocenters. The van der Waals surface area contributed by atoms with Gasteiger partial charge in [0.2, 0.25) is 0 Å². The molecule has 1 heterocycles. The van der Waals surface area contributed by atoms with Gasteiger partial charge in [0.15, 0.2) is 17.3 Å². The molecule has 0 saturated heterocycles. The molecule has 26 heavy (non-hydrogen) atoms. The van der Waals surface area contributed by atoms with E-state index >= 15 is 0 Å². The van der Waals surface area contributed by atoms with Crippen molar-refractivity contribution in [1.29, 1.82) is 0 Å². The molecule has 1 aromatic heterocycles. The van der Waals surface area contributed by atoms with Crippen molar-refractivity contribution in [3.05, 3.63) is 64.1 Å². The van der Waals surface area contributed by atoms with Gasteiger partial charge in [0.25, 0.3) is 0 Å². The van der Waals surface area contributed by atoms with E-state index in [1.807, 2.05) is 0 Å². The Labute approximate surface area is 146 Å². The van der Waals surface area contributed by atoms with Crippen LogP contribution >= 0.6 is 0 Å². The number of carbonyl (C=O) groups excluding carboxylic acids is 1. The van der Waals surface area contributed by atoms with Gasteiger partial charge in [-0.1, -0.05) is 12.1 Å². The number of carbonyl (C=O) groups is 1. The summed E-state index contributed by atoms with van der Waals surface area (Å²) in [4.78, 5) is 28.8. The Balaban J connectivity index is 1.90. The van der Waals surface area contributed by atoms with Crippen molar-refractivity contribution in [2.24, 2.45) is 0 Å². The summed E-state index contributed by atoms with van der Waals surface area (Å²) in [6, 6.07) is 9.29. The first-order valence-electron chi connectivity index (χ1n) is 7.54. The third-order valence-electron chi connectivity index (χ3n) is 3.65. The van der Waals surface area contributed by atoms with Crippen LogP contribution in [0.4, 0.5) is 8.78 Å². The van der Waals surface area contributed by atoms with E-state index in [2.05, 4.69) is 14.7 Å². The van der Waals surface area contributed by atoms with Crippen LogP contribution in [-0.2, 0) is 0 Å². The number of fused-ring (bicyclic) bond motifs is 1. The number of H-pyrrole nitrogens is 2. The molecule has 0 aliphatic carbocycles. The molecule has 0 saturated carbocycles. The number of aromatic nitrogens is 2. The van der Waals surface area contributed by atoms with Crippen LogP contribution in [0.3, 0.4) is 0 Å². The largest absolute Gasteiger partial charge is 0.493 e. The Hall–Kier alpha value is -3.42. The highest BCUT2D eigenvalue weighted by Gasteiger charge is 2.14. The van der Waals surface area contributed by atoms with Crippen LogP contribution in [0.15, 0.2) is 47.3 Å². The number of para-hydroxylation sites is 1. The maximum absolute atomic E-state index is 12.6. The molecular formula is C18H14F2N2O4. The van der Waals surface area contributed by atoms with Gasteiger partial charge in [0.1, 0.15) is 0 Å². The monoisotopic (exact) mass is 360 g/mol. The minimum absolute atomic E-state index is 0.131. The van der Waals surface area contributed by atoms with E-state index in [1.165, 1.54) is 37.5 Å². The first-order chi connectivity index (χ1) is 12.5. The molecule has 6 nitrogen and oxygen atoms in total. The molecule has 0 aliphatic rings. The molecule has 8 heteroatoms. The van der Waals surface area contributed by atoms with Gasteiger partial charge in [-0.15, -0.1) is 0 Å². The number of rotatable bonds is 6. The second-order valence-electron chi connectivity index (χ2n) is 5.29. The van der Waals surface area contributed by atoms with Crippen molar-refractivity contribution in [3.63, 3.8) is 0 Å². The average Bonchev–Trinajstić information content (AvgIpc) is 2.99. The summed E-state index contributed by atoms with van der Waals surface area (Å²) >= 11 is 0. The van der Waals surface area contributed by atoms with E-state index < -0.39 is 6.61 Å². The number of aromatic amines is 2. The third kappa shape index (κ3) is 3.64. The van der Waals surface area contributed by atoms with E-state index in [0.717, 1.165) is 0 Å². The van der Waals surface area contributed by atoms with Gasteiger partial charge in [-0.2, -0.15) is 8.78 Å². The average molecular weight is 360 g/mol. The molecular weight excluding hydrogens is 346 g/mol. The summed E-state index contributed by atoms with van der Waals surface area (Å²) < 4.78 is 34.8. The van der Waals surface area contributed by atoms with Gasteiger partial charge in [0.05, 0.1) is 18.1 Å². The molecule has 0 bridgehead atoms. The van der Waals surface area contributed by atoms with Crippen LogP contribution in [0.1, 0.15) is 15.9 Å². The number of hydrogen-bond acceptors (Lipinski definition) is 4. The lowest BCUT2D eigenvalue weighted by Gasteiger charge is -2.12. The summed E-state index contributed by atoms with van der Waals surface area (Å²) in [5.41, 5.74) is 1.32. The van der Waals surface area contributed by atoms with Crippen LogP contribution in [-0.4, -0.2) is 29.5 Å². The predicted molar refractivity (Wildman–Crippen MR) is 91.9 cm³/mol. The van der Waals surface area contributed by atoms with E-state index in [4.69, 9.17) is 4.74 Å². The Morgan fingerprint density at radius 1 is 1.15 bits per heavy atom. The van der Waals surface area contributed by atoms with E-state index in [-0.39, 0.29) is 28.5 Å². The number of ketones is 1. The topological polar surface area (TPSA) is 84.2 Å². The number of allylic oxidation sites excluding steroid dienone is 1. The van der Waals surface area contributed by atoms with Crippen molar-refractivity contribution < 1.29 is 23.0 Å². The number of alkyl halides is 2. The lowest BCUT2D eigenvalue weighted by molar-refractivity contribution is -0.0513. The fourth-order valence-corrected chi connectivity index (χ4v) is 2.49. The van der Waals surface area contributed by atoms with Crippen LogP contribution in [0, 0.1) is 0 Å². The Morgan fingerprint density at radius 2 is 1.92 bits per heavy atom. The molecule has 2 aromatic carbocycles. The van der Waals surface area contributed by atoms with Crippen molar-refractivity contribution in [2.45, 2.75) is 6.61 Å². The molecule has 0 amide bonds. The van der Waals surface area contributed by atoms with Gasteiger partial charge < -0.3 is 19.4 Å². The van der Waals surface area contributed by atoms with Gasteiger partial charge in [0, 0.05) is 11.1 Å². The zero-order valence-electron chi connectivity index (χ0n) is 13.6. The molecule has 0 spiro atoms. The standard InChI is InChI=1S/C18H14F2N2O4/c1-25-15-4-2-3-10(16(15)26-17(19)20)6-8-14(23)11-5-7-12-13(9-11)22-18(24)21-12/h2-9,17H,1H3,(H2,21,22,24). The highest BCUT2D eigenvalue weighted by atomic mass is 19.3. The quantitative estimate of drug-likeness (QED) is 0.521. The Morgan fingerprint density at radius 3 is 2.65 bits per heavy atom. The first kappa shape index (κ1) is 17.4. The Kier molecular flexibility index (Phi) is 4.83. The van der Waals surface area contributed by atoms with Crippen molar-refractivity contribution in [1.82, 2.24) is 9.97 Å². The highest BCUT2D eigenvalue weighted by Crippen LogP contribution is 2.33. The number of nitrogens with one attached hydrogen (secondary N) is 2. The Bertz CT molecular complexity index is 1040. The molecule has 3 aromatic rings. The minimum atomic E-state index is -3.03. The second kappa shape index (κ2) is 7.22. The van der Waals surface area contributed by atoms with Gasteiger partial charge in [-0.05, 0) is 36.4 Å². The minimum Gasteiger partial charge on any atom is -0.493 e. The zero-order chi connectivity index (χ0) is 18.7. The van der Waals surface area contributed by atoms with Crippen molar-refractivity contribution in [2.75, 3.05) is 7.11 Å². The number of methoxy groups -OCH3 is 1. The van der Waals surface area contributed by atoms with Crippen LogP contribution in [0.5, 0.6) is 11.5 Å². The summed E-state index contributed by atoms with van der Waals surface area (Å²) in [5, 5.41) is 0.